The van der Waals surface area contributed by atoms with Crippen molar-refractivity contribution >= 4 is 40.8 Å². The predicted molar refractivity (Wildman–Crippen MR) is 142 cm³/mol. The van der Waals surface area contributed by atoms with Gasteiger partial charge in [-0.1, -0.05) is 17.7 Å². The maximum absolute atomic E-state index is 12.5. The molecule has 0 radical (unpaired) electrons. The fourth-order valence-electron chi connectivity index (χ4n) is 4.22. The van der Waals surface area contributed by atoms with E-state index in [4.69, 9.17) is 28.8 Å². The van der Waals surface area contributed by atoms with Crippen molar-refractivity contribution in [2.75, 3.05) is 18.4 Å². The highest BCUT2D eigenvalue weighted by Crippen LogP contribution is 2.34. The third-order valence-corrected chi connectivity index (χ3v) is 6.24. The lowest BCUT2D eigenvalue weighted by molar-refractivity contribution is -0.136. The van der Waals surface area contributed by atoms with Gasteiger partial charge in [0.15, 0.2) is 5.82 Å². The molecule has 35 heavy (non-hydrogen) atoms. The second-order valence-electron chi connectivity index (χ2n) is 9.73. The molecule has 2 heterocycles. The highest BCUT2D eigenvalue weighted by molar-refractivity contribution is 6.32. The summed E-state index contributed by atoms with van der Waals surface area (Å²) in [6.45, 7) is 10.8. The molecule has 0 spiro atoms. The first-order valence-corrected chi connectivity index (χ1v) is 12.0. The first-order valence-electron chi connectivity index (χ1n) is 11.6. The highest BCUT2D eigenvalue weighted by Gasteiger charge is 2.31. The Morgan fingerprint density at radius 1 is 1.23 bits per heavy atom. The van der Waals surface area contributed by atoms with Crippen LogP contribution in [0.15, 0.2) is 35.1 Å². The number of nitrogens with one attached hydrogen (secondary N) is 1. The number of carbonyl (C=O) groups excluding carboxylic acids is 1. The topological polar surface area (TPSA) is 149 Å². The number of aromatic nitrogens is 2. The number of hydrogen-bond donors (Lipinski definition) is 4. The fourth-order valence-corrected chi connectivity index (χ4v) is 4.35. The molecule has 10 heteroatoms. The Morgan fingerprint density at radius 3 is 2.49 bits per heavy atom. The van der Waals surface area contributed by atoms with Crippen LogP contribution >= 0.6 is 11.6 Å². The van der Waals surface area contributed by atoms with Crippen LogP contribution in [-0.4, -0.2) is 45.2 Å². The smallest absolute Gasteiger partial charge is 0.242 e. The Bertz CT molecular complexity index is 1160. The van der Waals surface area contributed by atoms with E-state index in [0.717, 1.165) is 24.1 Å². The standard InChI is InChI=1S/C25H35ClN8O/c1-14-11-20(31-24-30-13-19(26)22(33-24)32-21(28)12-16(3)27)15(2)10-18(14)17-6-8-34(9-7-17)23(35)25(4,5)29/h10-13,17H,6-9,27,29H2,1-5H3,(H3,28,30,31,32,33)/b16-12-. The van der Waals surface area contributed by atoms with Crippen molar-refractivity contribution in [1.82, 2.24) is 14.9 Å². The number of anilines is 2. The number of amides is 1. The Labute approximate surface area is 211 Å². The SMILES string of the molecule is C/C(N)=C/C(N)=Nc1nc(Nc2cc(C)c(C3CCN(C(=O)C(C)(C)N)CC3)cc2C)ncc1Cl. The Kier molecular flexibility index (Phi) is 8.02. The zero-order chi connectivity index (χ0) is 25.9. The quantitative estimate of drug-likeness (QED) is 0.349. The third-order valence-electron chi connectivity index (χ3n) is 5.97. The van der Waals surface area contributed by atoms with E-state index in [2.05, 4.69) is 39.3 Å². The van der Waals surface area contributed by atoms with Crippen LogP contribution in [0.25, 0.3) is 0 Å². The van der Waals surface area contributed by atoms with Gasteiger partial charge in [-0.25, -0.2) is 9.98 Å². The lowest BCUT2D eigenvalue weighted by Gasteiger charge is -2.36. The summed E-state index contributed by atoms with van der Waals surface area (Å²) >= 11 is 6.20. The molecule has 2 aromatic rings. The molecular formula is C25H35ClN8O. The van der Waals surface area contributed by atoms with Crippen LogP contribution in [0, 0.1) is 13.8 Å². The van der Waals surface area contributed by atoms with Gasteiger partial charge in [0, 0.05) is 24.5 Å². The van der Waals surface area contributed by atoms with Gasteiger partial charge >= 0.3 is 0 Å². The number of nitrogens with two attached hydrogens (primary N) is 3. The summed E-state index contributed by atoms with van der Waals surface area (Å²) in [6, 6.07) is 4.30. The summed E-state index contributed by atoms with van der Waals surface area (Å²) in [6.07, 6.45) is 4.84. The van der Waals surface area contributed by atoms with E-state index >= 15 is 0 Å². The molecule has 188 valence electrons. The van der Waals surface area contributed by atoms with Gasteiger partial charge in [0.1, 0.15) is 10.9 Å². The summed E-state index contributed by atoms with van der Waals surface area (Å²) in [5.41, 5.74) is 21.7. The molecule has 0 saturated carbocycles. The van der Waals surface area contributed by atoms with Crippen molar-refractivity contribution in [3.8, 4) is 0 Å². The number of benzene rings is 1. The van der Waals surface area contributed by atoms with E-state index in [1.165, 1.54) is 23.4 Å². The maximum atomic E-state index is 12.5. The van der Waals surface area contributed by atoms with Crippen LogP contribution in [0.3, 0.4) is 0 Å². The molecule has 3 rings (SSSR count). The Balaban J connectivity index is 1.76. The molecule has 0 atom stereocenters. The molecule has 1 fully saturated rings. The van der Waals surface area contributed by atoms with Crippen molar-refractivity contribution in [2.45, 2.75) is 58.9 Å². The number of piperidine rings is 1. The number of aliphatic imine (C=N–C) groups is 1. The number of hydrogen-bond acceptors (Lipinski definition) is 7. The minimum atomic E-state index is -0.840. The van der Waals surface area contributed by atoms with E-state index in [1.54, 1.807) is 20.8 Å². The average Bonchev–Trinajstić information content (AvgIpc) is 2.76. The number of amidine groups is 1. The zero-order valence-electron chi connectivity index (χ0n) is 21.0. The fraction of sp³-hybridized carbons (Fsp3) is 0.440. The maximum Gasteiger partial charge on any atom is 0.242 e. The van der Waals surface area contributed by atoms with Crippen LogP contribution in [0.5, 0.6) is 0 Å². The van der Waals surface area contributed by atoms with Gasteiger partial charge in [0.2, 0.25) is 11.9 Å². The van der Waals surface area contributed by atoms with Crippen molar-refractivity contribution < 1.29 is 4.79 Å². The monoisotopic (exact) mass is 498 g/mol. The molecule has 1 saturated heterocycles. The van der Waals surface area contributed by atoms with Gasteiger partial charge in [0.05, 0.1) is 11.7 Å². The summed E-state index contributed by atoms with van der Waals surface area (Å²) in [7, 11) is 0. The lowest BCUT2D eigenvalue weighted by atomic mass is 9.85. The minimum Gasteiger partial charge on any atom is -0.402 e. The van der Waals surface area contributed by atoms with Crippen LogP contribution in [0.1, 0.15) is 56.2 Å². The molecule has 0 bridgehead atoms. The number of halogens is 1. The molecule has 0 unspecified atom stereocenters. The van der Waals surface area contributed by atoms with Crippen LogP contribution in [-0.2, 0) is 4.79 Å². The van der Waals surface area contributed by atoms with Crippen LogP contribution in [0.2, 0.25) is 5.02 Å². The number of allylic oxidation sites excluding steroid dienone is 1. The number of likely N-dealkylation sites (tertiary alicyclic amines) is 1. The van der Waals surface area contributed by atoms with Gasteiger partial charge in [-0.3, -0.25) is 4.79 Å². The Hall–Kier alpha value is -3.17. The number of rotatable bonds is 6. The zero-order valence-corrected chi connectivity index (χ0v) is 21.8. The van der Waals surface area contributed by atoms with E-state index in [9.17, 15) is 4.79 Å². The van der Waals surface area contributed by atoms with Crippen molar-refractivity contribution in [2.24, 2.45) is 22.2 Å². The summed E-state index contributed by atoms with van der Waals surface area (Å²) < 4.78 is 0. The van der Waals surface area contributed by atoms with E-state index in [1.807, 2.05) is 11.8 Å². The Morgan fingerprint density at radius 2 is 1.89 bits per heavy atom. The summed E-state index contributed by atoms with van der Waals surface area (Å²) in [4.78, 5) is 27.3. The molecule has 1 aromatic carbocycles. The predicted octanol–water partition coefficient (Wildman–Crippen LogP) is 3.78. The van der Waals surface area contributed by atoms with Crippen molar-refractivity contribution in [3.63, 3.8) is 0 Å². The first kappa shape index (κ1) is 26.4. The molecule has 0 aliphatic carbocycles. The van der Waals surface area contributed by atoms with Crippen LogP contribution in [0.4, 0.5) is 17.5 Å². The third kappa shape index (κ3) is 6.70. The largest absolute Gasteiger partial charge is 0.402 e. The van der Waals surface area contributed by atoms with E-state index in [-0.39, 0.29) is 22.6 Å². The summed E-state index contributed by atoms with van der Waals surface area (Å²) in [5.74, 6) is 1.22. The van der Waals surface area contributed by atoms with E-state index < -0.39 is 5.54 Å². The normalized spacial score (nSPS) is 15.9. The lowest BCUT2D eigenvalue weighted by Crippen LogP contribution is -2.53. The minimum absolute atomic E-state index is 0.00556. The number of carbonyl (C=O) groups is 1. The number of aryl methyl sites for hydroxylation is 2. The molecule has 1 aliphatic heterocycles. The molecule has 7 N–H and O–H groups in total. The van der Waals surface area contributed by atoms with Crippen LogP contribution < -0.4 is 22.5 Å². The second-order valence-corrected chi connectivity index (χ2v) is 10.1. The molecule has 1 aliphatic rings. The molecule has 1 amide bonds. The van der Waals surface area contributed by atoms with Gasteiger partial charge in [-0.15, -0.1) is 0 Å². The van der Waals surface area contributed by atoms with Gasteiger partial charge < -0.3 is 27.4 Å². The second kappa shape index (κ2) is 10.6. The van der Waals surface area contributed by atoms with Crippen molar-refractivity contribution in [3.05, 3.63) is 51.8 Å². The number of nitrogens with zero attached hydrogens (tertiary/aromatic N) is 4. The molecule has 9 nitrogen and oxygen atoms in total. The highest BCUT2D eigenvalue weighted by atomic mass is 35.5. The van der Waals surface area contributed by atoms with Gasteiger partial charge in [-0.05, 0) is 82.2 Å². The molecule has 1 aromatic heterocycles. The van der Waals surface area contributed by atoms with Gasteiger partial charge in [0.25, 0.3) is 0 Å². The van der Waals surface area contributed by atoms with E-state index in [0.29, 0.717) is 30.7 Å². The van der Waals surface area contributed by atoms with Crippen molar-refractivity contribution in [1.29, 1.82) is 0 Å². The van der Waals surface area contributed by atoms with Gasteiger partial charge in [-0.2, -0.15) is 4.98 Å². The first-order chi connectivity index (χ1) is 16.3. The summed E-state index contributed by atoms with van der Waals surface area (Å²) in [5, 5.41) is 3.55. The average molecular weight is 499 g/mol. The molecular weight excluding hydrogens is 464 g/mol.